The summed E-state index contributed by atoms with van der Waals surface area (Å²) in [6.45, 7) is 7.71. The first-order valence-electron chi connectivity index (χ1n) is 10.2. The zero-order chi connectivity index (χ0) is 20.5. The summed E-state index contributed by atoms with van der Waals surface area (Å²) in [4.78, 5) is 17.5. The summed E-state index contributed by atoms with van der Waals surface area (Å²) in [5, 5.41) is 0.753. The molecular formula is C23H29ClN2O3. The molecule has 1 amide bonds. The summed E-state index contributed by atoms with van der Waals surface area (Å²) in [6, 6.07) is 15.4. The molecule has 0 aliphatic carbocycles. The van der Waals surface area contributed by atoms with E-state index in [1.165, 1.54) is 5.56 Å². The average molecular weight is 417 g/mol. The topological polar surface area (TPSA) is 42.0 Å². The number of ether oxygens (including phenoxy) is 2. The van der Waals surface area contributed by atoms with Gasteiger partial charge in [-0.25, -0.2) is 0 Å². The molecule has 1 heterocycles. The monoisotopic (exact) mass is 416 g/mol. The molecule has 29 heavy (non-hydrogen) atoms. The third-order valence-electron chi connectivity index (χ3n) is 5.00. The van der Waals surface area contributed by atoms with E-state index < -0.39 is 0 Å². The fourth-order valence-electron chi connectivity index (χ4n) is 3.47. The summed E-state index contributed by atoms with van der Waals surface area (Å²) in [7, 11) is 0. The smallest absolute Gasteiger partial charge is 0.257 e. The van der Waals surface area contributed by atoms with E-state index in [-0.39, 0.29) is 5.91 Å². The van der Waals surface area contributed by atoms with Gasteiger partial charge in [-0.2, -0.15) is 0 Å². The van der Waals surface area contributed by atoms with E-state index in [4.69, 9.17) is 21.1 Å². The van der Waals surface area contributed by atoms with Crippen LogP contribution in [0, 0.1) is 0 Å². The van der Waals surface area contributed by atoms with E-state index in [0.29, 0.717) is 37.7 Å². The maximum atomic E-state index is 13.1. The van der Waals surface area contributed by atoms with E-state index in [1.807, 2.05) is 48.2 Å². The van der Waals surface area contributed by atoms with E-state index >= 15 is 0 Å². The van der Waals surface area contributed by atoms with Crippen LogP contribution in [0.15, 0.2) is 48.5 Å². The van der Waals surface area contributed by atoms with Gasteiger partial charge in [0.1, 0.15) is 12.4 Å². The molecule has 5 nitrogen and oxygen atoms in total. The number of amides is 1. The Bertz CT molecular complexity index is 782. The Hall–Kier alpha value is -2.08. The second-order valence-corrected chi connectivity index (χ2v) is 7.53. The Morgan fingerprint density at radius 1 is 1.00 bits per heavy atom. The van der Waals surface area contributed by atoms with Gasteiger partial charge in [-0.1, -0.05) is 35.9 Å². The number of carbonyl (C=O) groups is 1. The van der Waals surface area contributed by atoms with E-state index in [2.05, 4.69) is 17.0 Å². The largest absolute Gasteiger partial charge is 0.490 e. The van der Waals surface area contributed by atoms with Gasteiger partial charge >= 0.3 is 0 Å². The van der Waals surface area contributed by atoms with Crippen LogP contribution in [0.5, 0.6) is 5.75 Å². The molecule has 1 saturated heterocycles. The maximum absolute atomic E-state index is 13.1. The second-order valence-electron chi connectivity index (χ2n) is 7.09. The Morgan fingerprint density at radius 3 is 2.59 bits per heavy atom. The highest BCUT2D eigenvalue weighted by atomic mass is 35.5. The molecule has 0 saturated carbocycles. The third kappa shape index (κ3) is 6.46. The zero-order valence-electron chi connectivity index (χ0n) is 17.0. The molecule has 1 fully saturated rings. The molecule has 156 valence electrons. The van der Waals surface area contributed by atoms with Crippen LogP contribution < -0.4 is 4.74 Å². The van der Waals surface area contributed by atoms with Crippen molar-refractivity contribution in [2.75, 3.05) is 46.0 Å². The Labute approximate surface area is 178 Å². The highest BCUT2D eigenvalue weighted by Crippen LogP contribution is 2.21. The summed E-state index contributed by atoms with van der Waals surface area (Å²) in [6.07, 6.45) is 0.951. The quantitative estimate of drug-likeness (QED) is 0.607. The molecule has 1 aliphatic heterocycles. The second kappa shape index (κ2) is 11.2. The van der Waals surface area contributed by atoms with Gasteiger partial charge in [0.05, 0.1) is 12.2 Å². The first-order valence-corrected chi connectivity index (χ1v) is 10.6. The van der Waals surface area contributed by atoms with Gasteiger partial charge < -0.3 is 14.4 Å². The van der Waals surface area contributed by atoms with Gasteiger partial charge in [0.15, 0.2) is 0 Å². The van der Waals surface area contributed by atoms with Crippen molar-refractivity contribution < 1.29 is 14.3 Å². The van der Waals surface area contributed by atoms with Crippen molar-refractivity contribution in [3.05, 3.63) is 64.7 Å². The van der Waals surface area contributed by atoms with Crippen LogP contribution in [0.4, 0.5) is 0 Å². The van der Waals surface area contributed by atoms with Gasteiger partial charge in [-0.05, 0) is 43.2 Å². The Morgan fingerprint density at radius 2 is 1.79 bits per heavy atom. The number of para-hydroxylation sites is 1. The van der Waals surface area contributed by atoms with Crippen LogP contribution in [0.25, 0.3) is 0 Å². The summed E-state index contributed by atoms with van der Waals surface area (Å²) in [5.74, 6) is 0.657. The lowest BCUT2D eigenvalue weighted by atomic mass is 10.1. The molecule has 6 heteroatoms. The van der Waals surface area contributed by atoms with Crippen molar-refractivity contribution in [1.82, 2.24) is 9.80 Å². The number of rotatable bonds is 8. The predicted octanol–water partition coefficient (Wildman–Crippen LogP) is 4.10. The molecule has 0 bridgehead atoms. The first-order chi connectivity index (χ1) is 14.2. The van der Waals surface area contributed by atoms with Crippen LogP contribution in [0.3, 0.4) is 0 Å². The van der Waals surface area contributed by atoms with Crippen LogP contribution in [-0.2, 0) is 11.3 Å². The molecule has 0 atom stereocenters. The first kappa shape index (κ1) is 21.6. The van der Waals surface area contributed by atoms with Crippen LogP contribution in [0.2, 0.25) is 5.02 Å². The molecule has 0 unspecified atom stereocenters. The van der Waals surface area contributed by atoms with Crippen molar-refractivity contribution in [2.45, 2.75) is 19.9 Å². The minimum absolute atomic E-state index is 0.0327. The lowest BCUT2D eigenvalue weighted by Gasteiger charge is -2.23. The van der Waals surface area contributed by atoms with Gasteiger partial charge in [-0.3, -0.25) is 9.69 Å². The van der Waals surface area contributed by atoms with Crippen LogP contribution >= 0.6 is 11.6 Å². The third-order valence-corrected chi connectivity index (χ3v) is 5.25. The molecule has 0 spiro atoms. The fraction of sp³-hybridized carbons (Fsp3) is 0.435. The van der Waals surface area contributed by atoms with E-state index in [1.54, 1.807) is 0 Å². The molecule has 0 N–H and O–H groups in total. The summed E-state index contributed by atoms with van der Waals surface area (Å²) >= 11 is 5.98. The van der Waals surface area contributed by atoms with Gasteiger partial charge in [0, 0.05) is 44.4 Å². The van der Waals surface area contributed by atoms with Crippen molar-refractivity contribution in [1.29, 1.82) is 0 Å². The molecular weight excluding hydrogens is 388 g/mol. The molecule has 0 aromatic heterocycles. The van der Waals surface area contributed by atoms with Gasteiger partial charge in [0.2, 0.25) is 0 Å². The number of hydrogen-bond acceptors (Lipinski definition) is 4. The highest BCUT2D eigenvalue weighted by Gasteiger charge is 2.22. The molecule has 3 rings (SSSR count). The average Bonchev–Trinajstić information content (AvgIpc) is 2.98. The Kier molecular flexibility index (Phi) is 8.35. The zero-order valence-corrected chi connectivity index (χ0v) is 17.7. The summed E-state index contributed by atoms with van der Waals surface area (Å²) < 4.78 is 11.1. The Balaban J connectivity index is 1.58. The minimum Gasteiger partial charge on any atom is -0.490 e. The standard InChI is InChI=1S/C23H29ClN2O3/c1-2-28-16-17-29-22-7-4-3-6-21(22)23(27)26-13-5-12-25(14-15-26)18-19-8-10-20(24)11-9-19/h3-4,6-11H,2,5,12-18H2,1H3. The number of halogens is 1. The van der Waals surface area contributed by atoms with Gasteiger partial charge in [0.25, 0.3) is 5.91 Å². The lowest BCUT2D eigenvalue weighted by molar-refractivity contribution is 0.0750. The number of carbonyl (C=O) groups excluding carboxylic acids is 1. The van der Waals surface area contributed by atoms with E-state index in [9.17, 15) is 4.79 Å². The lowest BCUT2D eigenvalue weighted by Crippen LogP contribution is -2.35. The van der Waals surface area contributed by atoms with Gasteiger partial charge in [-0.15, -0.1) is 0 Å². The SMILES string of the molecule is CCOCCOc1ccccc1C(=O)N1CCCN(Cc2ccc(Cl)cc2)CC1. The van der Waals surface area contributed by atoms with Crippen molar-refractivity contribution in [3.8, 4) is 5.75 Å². The summed E-state index contributed by atoms with van der Waals surface area (Å²) in [5.41, 5.74) is 1.86. The maximum Gasteiger partial charge on any atom is 0.257 e. The number of benzene rings is 2. The van der Waals surface area contributed by atoms with Crippen LogP contribution in [-0.4, -0.2) is 61.7 Å². The number of hydrogen-bond donors (Lipinski definition) is 0. The fourth-order valence-corrected chi connectivity index (χ4v) is 3.60. The molecule has 1 aliphatic rings. The predicted molar refractivity (Wildman–Crippen MR) is 116 cm³/mol. The van der Waals surface area contributed by atoms with E-state index in [0.717, 1.165) is 37.6 Å². The molecule has 2 aromatic rings. The van der Waals surface area contributed by atoms with Crippen molar-refractivity contribution in [2.24, 2.45) is 0 Å². The highest BCUT2D eigenvalue weighted by molar-refractivity contribution is 6.30. The van der Waals surface area contributed by atoms with Crippen LogP contribution in [0.1, 0.15) is 29.3 Å². The van der Waals surface area contributed by atoms with Crippen molar-refractivity contribution >= 4 is 17.5 Å². The number of nitrogens with zero attached hydrogens (tertiary/aromatic N) is 2. The normalized spacial score (nSPS) is 15.2. The van der Waals surface area contributed by atoms with Crippen molar-refractivity contribution in [3.63, 3.8) is 0 Å². The molecule has 0 radical (unpaired) electrons. The molecule has 2 aromatic carbocycles. The minimum atomic E-state index is 0.0327.